The fourth-order valence-electron chi connectivity index (χ4n) is 1.38. The number of carbonyl (C=O) groups excluding carboxylic acids is 1. The lowest BCUT2D eigenvalue weighted by molar-refractivity contribution is -0.145. The first kappa shape index (κ1) is 14.4. The topological polar surface area (TPSA) is 52.3 Å². The summed E-state index contributed by atoms with van der Waals surface area (Å²) in [5.74, 6) is 0.837. The van der Waals surface area contributed by atoms with Gasteiger partial charge in [-0.1, -0.05) is 27.7 Å². The third-order valence-corrected chi connectivity index (χ3v) is 2.20. The Balaban J connectivity index is 3.56. The summed E-state index contributed by atoms with van der Waals surface area (Å²) in [6.07, 6.45) is 2.72. The van der Waals surface area contributed by atoms with Crippen LogP contribution in [0.2, 0.25) is 0 Å². The number of nitrogens with two attached hydrogens (primary N) is 1. The first-order chi connectivity index (χ1) is 6.93. The van der Waals surface area contributed by atoms with Crippen LogP contribution in [0.5, 0.6) is 0 Å². The molecule has 0 spiro atoms. The van der Waals surface area contributed by atoms with Crippen LogP contribution in [0.15, 0.2) is 0 Å². The van der Waals surface area contributed by atoms with Gasteiger partial charge in [-0.25, -0.2) is 0 Å². The number of carbonyl (C=O) groups is 1. The van der Waals surface area contributed by atoms with Crippen LogP contribution >= 0.6 is 0 Å². The molecule has 0 aromatic heterocycles. The number of hydrogen-bond acceptors (Lipinski definition) is 3. The highest BCUT2D eigenvalue weighted by molar-refractivity contribution is 5.75. The molecule has 0 aromatic rings. The van der Waals surface area contributed by atoms with Crippen molar-refractivity contribution in [1.82, 2.24) is 0 Å². The van der Waals surface area contributed by atoms with Crippen molar-refractivity contribution >= 4 is 5.97 Å². The zero-order chi connectivity index (χ0) is 11.8. The highest BCUT2D eigenvalue weighted by Crippen LogP contribution is 2.06. The quantitative estimate of drug-likeness (QED) is 0.524. The van der Waals surface area contributed by atoms with Crippen molar-refractivity contribution in [3.63, 3.8) is 0 Å². The molecule has 0 fully saturated rings. The van der Waals surface area contributed by atoms with Crippen LogP contribution in [0.25, 0.3) is 0 Å². The lowest BCUT2D eigenvalue weighted by atomic mass is 10.0. The Morgan fingerprint density at radius 3 is 2.27 bits per heavy atom. The lowest BCUT2D eigenvalue weighted by Gasteiger charge is -2.13. The molecule has 0 heterocycles. The smallest absolute Gasteiger partial charge is 0.322 e. The van der Waals surface area contributed by atoms with Crippen LogP contribution in [-0.4, -0.2) is 18.6 Å². The first-order valence-electron chi connectivity index (χ1n) is 5.85. The monoisotopic (exact) mass is 215 g/mol. The molecule has 3 nitrogen and oxygen atoms in total. The van der Waals surface area contributed by atoms with Crippen molar-refractivity contribution in [2.75, 3.05) is 6.61 Å². The Labute approximate surface area is 93.4 Å². The average Bonchev–Trinajstić information content (AvgIpc) is 2.10. The number of rotatable bonds is 7. The maximum atomic E-state index is 11.4. The molecule has 0 amide bonds. The molecule has 0 saturated carbocycles. The van der Waals surface area contributed by atoms with E-state index in [-0.39, 0.29) is 5.97 Å². The van der Waals surface area contributed by atoms with Crippen LogP contribution in [-0.2, 0) is 9.53 Å². The van der Waals surface area contributed by atoms with Gasteiger partial charge in [0, 0.05) is 0 Å². The van der Waals surface area contributed by atoms with Crippen molar-refractivity contribution in [3.05, 3.63) is 0 Å². The third kappa shape index (κ3) is 8.43. The molecule has 0 rings (SSSR count). The molecule has 0 unspecified atom stereocenters. The Kier molecular flexibility index (Phi) is 7.39. The van der Waals surface area contributed by atoms with Gasteiger partial charge in [0.2, 0.25) is 0 Å². The molecule has 0 aliphatic heterocycles. The van der Waals surface area contributed by atoms with Crippen molar-refractivity contribution in [2.45, 2.75) is 53.0 Å². The van der Waals surface area contributed by atoms with Gasteiger partial charge in [0.25, 0.3) is 0 Å². The highest BCUT2D eigenvalue weighted by atomic mass is 16.5. The number of esters is 1. The predicted octanol–water partition coefficient (Wildman–Crippen LogP) is 2.34. The molecular formula is C12H25NO2. The van der Waals surface area contributed by atoms with Gasteiger partial charge in [-0.05, 0) is 31.1 Å². The summed E-state index contributed by atoms with van der Waals surface area (Å²) in [5, 5.41) is 0. The molecule has 90 valence electrons. The van der Waals surface area contributed by atoms with Gasteiger partial charge in [0.15, 0.2) is 0 Å². The Bertz CT molecular complexity index is 178. The summed E-state index contributed by atoms with van der Waals surface area (Å²) < 4.78 is 5.09. The van der Waals surface area contributed by atoms with Crippen molar-refractivity contribution < 1.29 is 9.53 Å². The van der Waals surface area contributed by atoms with E-state index in [2.05, 4.69) is 13.8 Å². The first-order valence-corrected chi connectivity index (χ1v) is 5.85. The minimum Gasteiger partial charge on any atom is -0.465 e. The normalized spacial score (nSPS) is 13.3. The highest BCUT2D eigenvalue weighted by Gasteiger charge is 2.15. The molecule has 0 saturated heterocycles. The van der Waals surface area contributed by atoms with E-state index in [1.165, 1.54) is 0 Å². The molecule has 0 aromatic carbocycles. The van der Waals surface area contributed by atoms with Gasteiger partial charge in [0.1, 0.15) is 6.04 Å². The minimum atomic E-state index is -0.455. The van der Waals surface area contributed by atoms with Crippen LogP contribution in [0.1, 0.15) is 47.0 Å². The lowest BCUT2D eigenvalue weighted by Crippen LogP contribution is -2.33. The summed E-state index contributed by atoms with van der Waals surface area (Å²) in [6.45, 7) is 8.92. The second kappa shape index (κ2) is 7.69. The molecule has 15 heavy (non-hydrogen) atoms. The van der Waals surface area contributed by atoms with Gasteiger partial charge >= 0.3 is 5.97 Å². The van der Waals surface area contributed by atoms with E-state index in [1.54, 1.807) is 0 Å². The Morgan fingerprint density at radius 1 is 1.20 bits per heavy atom. The summed E-state index contributed by atoms with van der Waals surface area (Å²) in [6, 6.07) is -0.455. The molecular weight excluding hydrogens is 190 g/mol. The molecule has 2 N–H and O–H groups in total. The maximum Gasteiger partial charge on any atom is 0.322 e. The van der Waals surface area contributed by atoms with Crippen LogP contribution in [0.4, 0.5) is 0 Å². The molecule has 1 atom stereocenters. The van der Waals surface area contributed by atoms with Gasteiger partial charge in [0.05, 0.1) is 6.61 Å². The third-order valence-electron chi connectivity index (χ3n) is 2.20. The average molecular weight is 215 g/mol. The van der Waals surface area contributed by atoms with Crippen LogP contribution in [0.3, 0.4) is 0 Å². The summed E-state index contributed by atoms with van der Waals surface area (Å²) >= 11 is 0. The fraction of sp³-hybridized carbons (Fsp3) is 0.917. The Morgan fingerprint density at radius 2 is 1.80 bits per heavy atom. The fourth-order valence-corrected chi connectivity index (χ4v) is 1.38. The second-order valence-electron chi connectivity index (χ2n) is 4.94. The van der Waals surface area contributed by atoms with Gasteiger partial charge in [-0.2, -0.15) is 0 Å². The van der Waals surface area contributed by atoms with E-state index in [0.717, 1.165) is 12.8 Å². The van der Waals surface area contributed by atoms with E-state index < -0.39 is 6.04 Å². The zero-order valence-corrected chi connectivity index (χ0v) is 10.5. The van der Waals surface area contributed by atoms with Crippen LogP contribution < -0.4 is 5.73 Å². The van der Waals surface area contributed by atoms with E-state index in [0.29, 0.717) is 24.9 Å². The van der Waals surface area contributed by atoms with E-state index in [4.69, 9.17) is 10.5 Å². The summed E-state index contributed by atoms with van der Waals surface area (Å²) in [5.41, 5.74) is 5.69. The van der Waals surface area contributed by atoms with Crippen molar-refractivity contribution in [3.8, 4) is 0 Å². The summed E-state index contributed by atoms with van der Waals surface area (Å²) in [7, 11) is 0. The molecule has 0 bridgehead atoms. The number of hydrogen-bond donors (Lipinski definition) is 1. The predicted molar refractivity (Wildman–Crippen MR) is 62.5 cm³/mol. The zero-order valence-electron chi connectivity index (χ0n) is 10.5. The summed E-state index contributed by atoms with van der Waals surface area (Å²) in [4.78, 5) is 11.4. The maximum absolute atomic E-state index is 11.4. The second-order valence-corrected chi connectivity index (χ2v) is 4.94. The standard InChI is InChI=1S/C12H25NO2/c1-9(2)6-5-7-15-12(14)11(13)8-10(3)4/h9-11H,5-8,13H2,1-4H3/t11-/m1/s1. The molecule has 3 heteroatoms. The van der Waals surface area contributed by atoms with E-state index in [9.17, 15) is 4.79 Å². The van der Waals surface area contributed by atoms with Crippen LogP contribution in [0, 0.1) is 11.8 Å². The van der Waals surface area contributed by atoms with E-state index in [1.807, 2.05) is 13.8 Å². The largest absolute Gasteiger partial charge is 0.465 e. The minimum absolute atomic E-state index is 0.257. The Hall–Kier alpha value is -0.570. The van der Waals surface area contributed by atoms with Gasteiger partial charge < -0.3 is 10.5 Å². The van der Waals surface area contributed by atoms with Crippen molar-refractivity contribution in [1.29, 1.82) is 0 Å². The molecule has 0 radical (unpaired) electrons. The van der Waals surface area contributed by atoms with Gasteiger partial charge in [-0.15, -0.1) is 0 Å². The SMILES string of the molecule is CC(C)CCCOC(=O)[C@H](N)CC(C)C. The van der Waals surface area contributed by atoms with E-state index >= 15 is 0 Å². The van der Waals surface area contributed by atoms with Crippen molar-refractivity contribution in [2.24, 2.45) is 17.6 Å². The molecule has 0 aliphatic rings. The molecule has 0 aliphatic carbocycles. The number of ether oxygens (including phenoxy) is 1. The van der Waals surface area contributed by atoms with Gasteiger partial charge in [-0.3, -0.25) is 4.79 Å².